The van der Waals surface area contributed by atoms with E-state index in [-0.39, 0.29) is 0 Å². The summed E-state index contributed by atoms with van der Waals surface area (Å²) in [6.07, 6.45) is 2.44. The number of benzene rings is 1. The Balaban J connectivity index is 1.97. The lowest BCUT2D eigenvalue weighted by molar-refractivity contribution is 0.821. The smallest absolute Gasteiger partial charge is 0.104 e. The second kappa shape index (κ2) is 3.37. The first-order valence-electron chi connectivity index (χ1n) is 5.72. The van der Waals surface area contributed by atoms with Crippen molar-refractivity contribution >= 4 is 5.84 Å². The van der Waals surface area contributed by atoms with Gasteiger partial charge in [-0.2, -0.15) is 0 Å². The van der Waals surface area contributed by atoms with Crippen molar-refractivity contribution in [2.75, 3.05) is 13.1 Å². The monoisotopic (exact) mass is 200 g/mol. The molecule has 15 heavy (non-hydrogen) atoms. The van der Waals surface area contributed by atoms with E-state index in [0.717, 1.165) is 13.1 Å². The van der Waals surface area contributed by atoms with Crippen molar-refractivity contribution in [3.63, 3.8) is 0 Å². The summed E-state index contributed by atoms with van der Waals surface area (Å²) >= 11 is 0. The van der Waals surface area contributed by atoms with Gasteiger partial charge in [-0.3, -0.25) is 4.99 Å². The predicted molar refractivity (Wildman–Crippen MR) is 62.5 cm³/mol. The number of amidine groups is 1. The van der Waals surface area contributed by atoms with Crippen molar-refractivity contribution in [3.8, 4) is 0 Å². The summed E-state index contributed by atoms with van der Waals surface area (Å²) in [5.41, 5.74) is 4.39. The molecular weight excluding hydrogens is 184 g/mol. The van der Waals surface area contributed by atoms with Crippen LogP contribution in [0.4, 0.5) is 0 Å². The van der Waals surface area contributed by atoms with Crippen LogP contribution in [0.1, 0.15) is 29.0 Å². The summed E-state index contributed by atoms with van der Waals surface area (Å²) in [6.45, 7) is 4.14. The third-order valence-electron chi connectivity index (χ3n) is 3.41. The highest BCUT2D eigenvalue weighted by atomic mass is 15.1. The molecule has 1 aromatic rings. The Morgan fingerprint density at radius 2 is 2.33 bits per heavy atom. The van der Waals surface area contributed by atoms with Crippen molar-refractivity contribution in [1.82, 2.24) is 5.32 Å². The summed E-state index contributed by atoms with van der Waals surface area (Å²) < 4.78 is 0. The Kier molecular flexibility index (Phi) is 2.01. The number of rotatable bonds is 1. The van der Waals surface area contributed by atoms with Crippen molar-refractivity contribution < 1.29 is 0 Å². The maximum atomic E-state index is 4.54. The molecule has 3 rings (SSSR count). The number of nitrogens with zero attached hydrogens (tertiary/aromatic N) is 1. The molecule has 1 atom stereocenters. The molecule has 0 amide bonds. The van der Waals surface area contributed by atoms with Crippen LogP contribution < -0.4 is 5.32 Å². The number of hydrogen-bond donors (Lipinski definition) is 1. The maximum absolute atomic E-state index is 4.54. The number of aryl methyl sites for hydroxylation is 2. The van der Waals surface area contributed by atoms with Crippen molar-refractivity contribution in [3.05, 3.63) is 34.9 Å². The van der Waals surface area contributed by atoms with Gasteiger partial charge in [0.15, 0.2) is 0 Å². The second-order valence-electron chi connectivity index (χ2n) is 4.49. The molecule has 1 aliphatic carbocycles. The molecular formula is C13H16N2. The Morgan fingerprint density at radius 3 is 3.13 bits per heavy atom. The highest BCUT2D eigenvalue weighted by Gasteiger charge is 2.27. The Labute approximate surface area is 90.4 Å². The molecule has 0 radical (unpaired) electrons. The Bertz CT molecular complexity index is 421. The number of aliphatic imine (C=N–C) groups is 1. The molecule has 1 aliphatic heterocycles. The third-order valence-corrected chi connectivity index (χ3v) is 3.41. The summed E-state index contributed by atoms with van der Waals surface area (Å²) in [5, 5.41) is 3.40. The average Bonchev–Trinajstić information content (AvgIpc) is 2.82. The molecule has 0 saturated heterocycles. The number of fused-ring (bicyclic) bond motifs is 1. The zero-order chi connectivity index (χ0) is 10.3. The average molecular weight is 200 g/mol. The van der Waals surface area contributed by atoms with Crippen LogP contribution in [0.5, 0.6) is 0 Å². The van der Waals surface area contributed by atoms with E-state index >= 15 is 0 Å². The van der Waals surface area contributed by atoms with Crippen LogP contribution >= 0.6 is 0 Å². The van der Waals surface area contributed by atoms with Gasteiger partial charge >= 0.3 is 0 Å². The fourth-order valence-corrected chi connectivity index (χ4v) is 2.68. The zero-order valence-corrected chi connectivity index (χ0v) is 9.09. The van der Waals surface area contributed by atoms with E-state index in [1.807, 2.05) is 0 Å². The molecule has 1 N–H and O–H groups in total. The van der Waals surface area contributed by atoms with Gasteiger partial charge in [-0.15, -0.1) is 0 Å². The van der Waals surface area contributed by atoms with Gasteiger partial charge in [0.1, 0.15) is 5.84 Å². The number of nitrogens with one attached hydrogen (secondary N) is 1. The summed E-state index contributed by atoms with van der Waals surface area (Å²) in [7, 11) is 0. The molecule has 2 nitrogen and oxygen atoms in total. The van der Waals surface area contributed by atoms with Crippen molar-refractivity contribution in [2.24, 2.45) is 4.99 Å². The van der Waals surface area contributed by atoms with Gasteiger partial charge in [-0.05, 0) is 30.9 Å². The van der Waals surface area contributed by atoms with Gasteiger partial charge in [0, 0.05) is 12.5 Å². The minimum absolute atomic E-state index is 0.545. The minimum Gasteiger partial charge on any atom is -0.371 e. The van der Waals surface area contributed by atoms with E-state index in [4.69, 9.17) is 0 Å². The molecule has 2 aliphatic rings. The maximum Gasteiger partial charge on any atom is 0.104 e. The van der Waals surface area contributed by atoms with Crippen LogP contribution in [0.2, 0.25) is 0 Å². The van der Waals surface area contributed by atoms with E-state index in [9.17, 15) is 0 Å². The molecule has 0 bridgehead atoms. The molecule has 0 spiro atoms. The lowest BCUT2D eigenvalue weighted by Crippen LogP contribution is -2.24. The lowest BCUT2D eigenvalue weighted by Gasteiger charge is -2.12. The Hall–Kier alpha value is -1.31. The second-order valence-corrected chi connectivity index (χ2v) is 4.49. The van der Waals surface area contributed by atoms with Crippen LogP contribution in [0.25, 0.3) is 0 Å². The van der Waals surface area contributed by atoms with Gasteiger partial charge < -0.3 is 5.32 Å². The van der Waals surface area contributed by atoms with Crippen LogP contribution in [0.15, 0.2) is 23.2 Å². The van der Waals surface area contributed by atoms with Crippen LogP contribution in [-0.2, 0) is 6.42 Å². The van der Waals surface area contributed by atoms with E-state index in [1.165, 1.54) is 35.4 Å². The fraction of sp³-hybridized carbons (Fsp3) is 0.462. The first kappa shape index (κ1) is 8.96. The lowest BCUT2D eigenvalue weighted by atomic mass is 9.99. The zero-order valence-electron chi connectivity index (χ0n) is 9.09. The first-order valence-corrected chi connectivity index (χ1v) is 5.72. The molecule has 1 aromatic carbocycles. The summed E-state index contributed by atoms with van der Waals surface area (Å²) in [4.78, 5) is 4.54. The molecule has 0 fully saturated rings. The molecule has 1 heterocycles. The largest absolute Gasteiger partial charge is 0.371 e. The van der Waals surface area contributed by atoms with Crippen LogP contribution in [0, 0.1) is 6.92 Å². The highest BCUT2D eigenvalue weighted by Crippen LogP contribution is 2.34. The third kappa shape index (κ3) is 1.44. The molecule has 1 unspecified atom stereocenters. The van der Waals surface area contributed by atoms with Crippen molar-refractivity contribution in [2.45, 2.75) is 25.7 Å². The molecule has 2 heteroatoms. The Morgan fingerprint density at radius 1 is 1.40 bits per heavy atom. The molecule has 78 valence electrons. The van der Waals surface area contributed by atoms with E-state index in [1.54, 1.807) is 0 Å². The SMILES string of the molecule is Cc1ccc2c(c1)CCC2C1=NCCN1. The number of hydrogen-bond acceptors (Lipinski definition) is 2. The first-order chi connectivity index (χ1) is 7.34. The van der Waals surface area contributed by atoms with Crippen LogP contribution in [-0.4, -0.2) is 18.9 Å². The molecule has 0 saturated carbocycles. The van der Waals surface area contributed by atoms with E-state index in [2.05, 4.69) is 35.4 Å². The topological polar surface area (TPSA) is 24.4 Å². The van der Waals surface area contributed by atoms with Crippen LogP contribution in [0.3, 0.4) is 0 Å². The highest BCUT2D eigenvalue weighted by molar-refractivity contribution is 5.91. The summed E-state index contributed by atoms with van der Waals surface area (Å²) in [5.74, 6) is 1.76. The normalized spacial score (nSPS) is 23.5. The van der Waals surface area contributed by atoms with E-state index in [0.29, 0.717) is 5.92 Å². The summed E-state index contributed by atoms with van der Waals surface area (Å²) in [6, 6.07) is 6.82. The van der Waals surface area contributed by atoms with Gasteiger partial charge in [0.05, 0.1) is 6.54 Å². The standard InChI is InChI=1S/C13H16N2/c1-9-2-4-11-10(8-9)3-5-12(11)13-14-6-7-15-13/h2,4,8,12H,3,5-7H2,1H3,(H,14,15). The minimum atomic E-state index is 0.545. The molecule has 0 aromatic heterocycles. The van der Waals surface area contributed by atoms with Gasteiger partial charge in [0.25, 0.3) is 0 Å². The van der Waals surface area contributed by atoms with Gasteiger partial charge in [-0.25, -0.2) is 0 Å². The quantitative estimate of drug-likeness (QED) is 0.737. The van der Waals surface area contributed by atoms with Gasteiger partial charge in [0.2, 0.25) is 0 Å². The van der Waals surface area contributed by atoms with Gasteiger partial charge in [-0.1, -0.05) is 23.8 Å². The van der Waals surface area contributed by atoms with Crippen molar-refractivity contribution in [1.29, 1.82) is 0 Å². The predicted octanol–water partition coefficient (Wildman–Crippen LogP) is 2.03. The van der Waals surface area contributed by atoms with E-state index < -0.39 is 0 Å². The fourth-order valence-electron chi connectivity index (χ4n) is 2.68.